The molecule has 0 aromatic heterocycles. The average Bonchev–Trinajstić information content (AvgIpc) is 3.17. The highest BCUT2D eigenvalue weighted by molar-refractivity contribution is 7.99. The van der Waals surface area contributed by atoms with Crippen LogP contribution in [0.3, 0.4) is 0 Å². The third kappa shape index (κ3) is 4.74. The van der Waals surface area contributed by atoms with Crippen LogP contribution in [-0.2, 0) is 22.3 Å². The molecule has 3 aliphatic rings. The van der Waals surface area contributed by atoms with Crippen molar-refractivity contribution in [3.05, 3.63) is 29.3 Å². The molecular formula is C22H29F3N2O3S. The van der Waals surface area contributed by atoms with E-state index >= 15 is 0 Å². The molecule has 1 aromatic carbocycles. The summed E-state index contributed by atoms with van der Waals surface area (Å²) in [5, 5.41) is 14.3. The quantitative estimate of drug-likeness (QED) is 0.719. The van der Waals surface area contributed by atoms with E-state index in [0.717, 1.165) is 49.5 Å². The highest BCUT2D eigenvalue weighted by Gasteiger charge is 2.51. The van der Waals surface area contributed by atoms with Crippen LogP contribution < -0.4 is 5.32 Å². The van der Waals surface area contributed by atoms with Crippen LogP contribution in [0.5, 0.6) is 0 Å². The zero-order valence-corrected chi connectivity index (χ0v) is 18.4. The summed E-state index contributed by atoms with van der Waals surface area (Å²) in [6.07, 6.45) is -1.46. The van der Waals surface area contributed by atoms with Gasteiger partial charge in [0.15, 0.2) is 0 Å². The highest BCUT2D eigenvalue weighted by atomic mass is 32.2. The van der Waals surface area contributed by atoms with Gasteiger partial charge in [0.05, 0.1) is 23.0 Å². The fourth-order valence-electron chi connectivity index (χ4n) is 5.03. The second-order valence-corrected chi connectivity index (χ2v) is 9.91. The summed E-state index contributed by atoms with van der Waals surface area (Å²) in [5.74, 6) is 0.221. The molecule has 172 valence electrons. The molecule has 0 unspecified atom stereocenters. The molecule has 4 rings (SSSR count). The molecule has 1 saturated carbocycles. The maximum Gasteiger partial charge on any atom is 0.416 e. The Balaban J connectivity index is 1.48. The largest absolute Gasteiger partial charge is 0.416 e. The molecule has 0 spiro atoms. The van der Waals surface area contributed by atoms with Gasteiger partial charge in [0.2, 0.25) is 5.91 Å². The van der Waals surface area contributed by atoms with E-state index in [4.69, 9.17) is 4.74 Å². The number of ether oxygens (including phenoxy) is 1. The number of hydrogen-bond acceptors (Lipinski definition) is 5. The fourth-order valence-corrected chi connectivity index (χ4v) is 6.01. The molecule has 31 heavy (non-hydrogen) atoms. The number of carbonyl (C=O) groups excluding carboxylic acids is 1. The van der Waals surface area contributed by atoms with Gasteiger partial charge in [0.1, 0.15) is 0 Å². The Labute approximate surface area is 184 Å². The number of nitrogens with zero attached hydrogens (tertiary/aromatic N) is 1. The van der Waals surface area contributed by atoms with Gasteiger partial charge in [-0.2, -0.15) is 13.2 Å². The topological polar surface area (TPSA) is 61.8 Å². The number of hydrogen-bond donors (Lipinski definition) is 2. The van der Waals surface area contributed by atoms with E-state index in [1.807, 2.05) is 0 Å². The molecule has 1 aromatic rings. The van der Waals surface area contributed by atoms with Crippen molar-refractivity contribution in [2.75, 3.05) is 19.1 Å². The van der Waals surface area contributed by atoms with Gasteiger partial charge < -0.3 is 20.1 Å². The lowest BCUT2D eigenvalue weighted by atomic mass is 9.79. The van der Waals surface area contributed by atoms with E-state index in [1.54, 1.807) is 11.8 Å². The zero-order valence-electron chi connectivity index (χ0n) is 17.6. The molecular weight excluding hydrogens is 429 g/mol. The minimum Gasteiger partial charge on any atom is -0.392 e. The van der Waals surface area contributed by atoms with E-state index in [2.05, 4.69) is 5.32 Å². The molecule has 9 heteroatoms. The predicted molar refractivity (Wildman–Crippen MR) is 111 cm³/mol. The van der Waals surface area contributed by atoms with E-state index in [0.29, 0.717) is 30.3 Å². The summed E-state index contributed by atoms with van der Waals surface area (Å²) < 4.78 is 44.8. The number of halogens is 3. The minimum atomic E-state index is -4.42. The molecule has 0 radical (unpaired) electrons. The maximum atomic E-state index is 13.6. The van der Waals surface area contributed by atoms with Crippen LogP contribution >= 0.6 is 11.8 Å². The van der Waals surface area contributed by atoms with Crippen molar-refractivity contribution >= 4 is 17.7 Å². The summed E-state index contributed by atoms with van der Waals surface area (Å²) in [7, 11) is 0. The van der Waals surface area contributed by atoms with Crippen LogP contribution in [0.4, 0.5) is 13.2 Å². The van der Waals surface area contributed by atoms with E-state index in [-0.39, 0.29) is 18.5 Å². The van der Waals surface area contributed by atoms with Crippen LogP contribution in [0.25, 0.3) is 0 Å². The van der Waals surface area contributed by atoms with Gasteiger partial charge in [-0.25, -0.2) is 0 Å². The fraction of sp³-hybridized carbons (Fsp3) is 0.682. The number of amides is 1. The number of benzene rings is 1. The monoisotopic (exact) mass is 458 g/mol. The maximum absolute atomic E-state index is 13.6. The molecule has 1 aliphatic carbocycles. The first-order valence-electron chi connectivity index (χ1n) is 10.8. The molecule has 2 aliphatic heterocycles. The van der Waals surface area contributed by atoms with Crippen molar-refractivity contribution in [2.45, 2.75) is 74.8 Å². The van der Waals surface area contributed by atoms with Gasteiger partial charge in [0.25, 0.3) is 0 Å². The average molecular weight is 459 g/mol. The second kappa shape index (κ2) is 8.92. The predicted octanol–water partition coefficient (Wildman–Crippen LogP) is 3.79. The van der Waals surface area contributed by atoms with Gasteiger partial charge in [-0.15, -0.1) is 11.8 Å². The number of carbonyl (C=O) groups is 1. The van der Waals surface area contributed by atoms with Gasteiger partial charge in [-0.1, -0.05) is 0 Å². The molecule has 1 saturated heterocycles. The Hall–Kier alpha value is -1.29. The van der Waals surface area contributed by atoms with Crippen LogP contribution in [0.1, 0.15) is 50.2 Å². The Morgan fingerprint density at radius 1 is 1.29 bits per heavy atom. The normalized spacial score (nSPS) is 28.4. The van der Waals surface area contributed by atoms with Crippen molar-refractivity contribution in [1.29, 1.82) is 0 Å². The molecule has 0 bridgehead atoms. The number of rotatable bonds is 4. The van der Waals surface area contributed by atoms with E-state index in [1.165, 1.54) is 17.8 Å². The van der Waals surface area contributed by atoms with Crippen molar-refractivity contribution in [2.24, 2.45) is 5.41 Å². The van der Waals surface area contributed by atoms with Crippen LogP contribution in [0.2, 0.25) is 0 Å². The lowest BCUT2D eigenvalue weighted by Crippen LogP contribution is -2.50. The first-order valence-corrected chi connectivity index (χ1v) is 11.8. The molecule has 5 nitrogen and oxygen atoms in total. The van der Waals surface area contributed by atoms with Crippen LogP contribution in [-0.4, -0.2) is 53.2 Å². The standard InChI is InChI=1S/C22H29F3N2O3S/c1-14(28)21(7-4-18(11-21)26-17-5-8-30-9-6-17)20(29)27-12-15-10-16(22(23,24)25)2-3-19(15)31-13-27/h2-3,10,14,17-18,26,28H,4-9,11-13H2,1H3/t14-,18+,21-/m0/s1. The molecule has 2 N–H and O–H groups in total. The Morgan fingerprint density at radius 3 is 2.71 bits per heavy atom. The van der Waals surface area contributed by atoms with E-state index in [9.17, 15) is 23.1 Å². The van der Waals surface area contributed by atoms with Crippen molar-refractivity contribution in [1.82, 2.24) is 10.2 Å². The van der Waals surface area contributed by atoms with Crippen molar-refractivity contribution in [3.63, 3.8) is 0 Å². The number of alkyl halides is 3. The summed E-state index contributed by atoms with van der Waals surface area (Å²) in [5.41, 5.74) is -1.09. The first kappa shape index (κ1) is 22.9. The highest BCUT2D eigenvalue weighted by Crippen LogP contribution is 2.45. The Bertz CT molecular complexity index is 814. The first-order chi connectivity index (χ1) is 14.7. The number of aliphatic hydroxyl groups excluding tert-OH is 1. The SMILES string of the molecule is C[C@H](O)[C@]1(C(=O)N2CSc3ccc(C(F)(F)F)cc3C2)CC[C@@H](NC2CCOCC2)C1. The van der Waals surface area contributed by atoms with E-state index < -0.39 is 23.3 Å². The van der Waals surface area contributed by atoms with Gasteiger partial charge in [-0.3, -0.25) is 4.79 Å². The molecule has 3 atom stereocenters. The third-order valence-corrected chi connectivity index (χ3v) is 8.03. The smallest absolute Gasteiger partial charge is 0.392 e. The molecule has 2 heterocycles. The third-order valence-electron chi connectivity index (χ3n) is 6.88. The number of thioether (sulfide) groups is 1. The van der Waals surface area contributed by atoms with Gasteiger partial charge in [0, 0.05) is 36.7 Å². The number of nitrogens with one attached hydrogen (secondary N) is 1. The number of aliphatic hydroxyl groups is 1. The summed E-state index contributed by atoms with van der Waals surface area (Å²) in [6.45, 7) is 3.25. The minimum absolute atomic E-state index is 0.137. The summed E-state index contributed by atoms with van der Waals surface area (Å²) in [6, 6.07) is 4.21. The van der Waals surface area contributed by atoms with Gasteiger partial charge in [-0.05, 0) is 62.8 Å². The second-order valence-electron chi connectivity index (χ2n) is 8.92. The van der Waals surface area contributed by atoms with Crippen LogP contribution in [0.15, 0.2) is 23.1 Å². The lowest BCUT2D eigenvalue weighted by molar-refractivity contribution is -0.148. The molecule has 1 amide bonds. The molecule has 2 fully saturated rings. The zero-order chi connectivity index (χ0) is 22.2. The van der Waals surface area contributed by atoms with Crippen molar-refractivity contribution < 1.29 is 27.8 Å². The summed E-state index contributed by atoms with van der Waals surface area (Å²) in [4.78, 5) is 16.0. The van der Waals surface area contributed by atoms with Gasteiger partial charge >= 0.3 is 6.18 Å². The number of fused-ring (bicyclic) bond motifs is 1. The Morgan fingerprint density at radius 2 is 2.03 bits per heavy atom. The van der Waals surface area contributed by atoms with Crippen LogP contribution in [0, 0.1) is 5.41 Å². The lowest BCUT2D eigenvalue weighted by Gasteiger charge is -2.39. The summed E-state index contributed by atoms with van der Waals surface area (Å²) >= 11 is 1.37. The van der Waals surface area contributed by atoms with Crippen molar-refractivity contribution in [3.8, 4) is 0 Å². The Kier molecular flexibility index (Phi) is 6.59.